The zero-order chi connectivity index (χ0) is 18.5. The van der Waals surface area contributed by atoms with Crippen molar-refractivity contribution >= 4 is 23.5 Å². The van der Waals surface area contributed by atoms with Crippen molar-refractivity contribution in [3.63, 3.8) is 0 Å². The molecule has 0 saturated heterocycles. The largest absolute Gasteiger partial charge is 0.381 e. The van der Waals surface area contributed by atoms with E-state index in [2.05, 4.69) is 37.4 Å². The van der Waals surface area contributed by atoms with E-state index < -0.39 is 0 Å². The third kappa shape index (κ3) is 9.66. The molecule has 0 aliphatic heterocycles. The fourth-order valence-corrected chi connectivity index (χ4v) is 3.33. The van der Waals surface area contributed by atoms with Gasteiger partial charge in [-0.2, -0.15) is 0 Å². The molecule has 4 nitrogen and oxygen atoms in total. The number of hydrogen-bond acceptors (Lipinski definition) is 4. The lowest BCUT2D eigenvalue weighted by Crippen LogP contribution is -2.19. The Kier molecular flexibility index (Phi) is 11.2. The smallest absolute Gasteiger partial charge is 0.222 e. The fraction of sp³-hybridized carbons (Fsp3) is 0.600. The highest BCUT2D eigenvalue weighted by atomic mass is 32.2. The Hall–Kier alpha value is -1.33. The maximum atomic E-state index is 11.9. The molecular formula is C20H31NO3S. The zero-order valence-corrected chi connectivity index (χ0v) is 16.5. The van der Waals surface area contributed by atoms with Crippen LogP contribution in [-0.2, 0) is 32.9 Å². The predicted octanol–water partition coefficient (Wildman–Crippen LogP) is 3.55. The second-order valence-corrected chi connectivity index (χ2v) is 7.02. The van der Waals surface area contributed by atoms with Gasteiger partial charge in [0.2, 0.25) is 5.91 Å². The van der Waals surface area contributed by atoms with Crippen molar-refractivity contribution in [2.24, 2.45) is 0 Å². The van der Waals surface area contributed by atoms with Crippen LogP contribution in [0.1, 0.15) is 49.8 Å². The molecule has 0 atom stereocenters. The Balaban J connectivity index is 2.17. The van der Waals surface area contributed by atoms with Crippen LogP contribution in [0.25, 0.3) is 0 Å². The number of Topliss-reactive ketones (excluding diaryl/α,β-unsaturated/α-hetero) is 1. The lowest BCUT2D eigenvalue weighted by atomic mass is 10.0. The van der Waals surface area contributed by atoms with Crippen LogP contribution in [0.15, 0.2) is 18.2 Å². The van der Waals surface area contributed by atoms with E-state index in [0.717, 1.165) is 25.0 Å². The molecule has 0 radical (unpaired) electrons. The molecule has 0 bridgehead atoms. The molecular weight excluding hydrogens is 334 g/mol. The summed E-state index contributed by atoms with van der Waals surface area (Å²) in [5, 5.41) is 2.55. The fourth-order valence-electron chi connectivity index (χ4n) is 2.45. The van der Waals surface area contributed by atoms with E-state index in [0.29, 0.717) is 31.8 Å². The average Bonchev–Trinajstić information content (AvgIpc) is 2.63. The molecule has 1 aromatic rings. The molecule has 1 amide bonds. The molecule has 1 rings (SSSR count). The standard InChI is InChI=1S/C20H31NO3S/c1-4-16-11-17(5-2)13-18(12-16)14-25-15-19(22)7-6-9-24-10-8-20(23)21-3/h11-13H,4-10,14-15H2,1-3H3,(H,21,23). The highest BCUT2D eigenvalue weighted by Gasteiger charge is 2.05. The summed E-state index contributed by atoms with van der Waals surface area (Å²) in [5.74, 6) is 1.68. The summed E-state index contributed by atoms with van der Waals surface area (Å²) in [6, 6.07) is 6.76. The number of ketones is 1. The van der Waals surface area contributed by atoms with Crippen LogP contribution in [-0.4, -0.2) is 37.7 Å². The summed E-state index contributed by atoms with van der Waals surface area (Å²) < 4.78 is 5.36. The minimum Gasteiger partial charge on any atom is -0.381 e. The molecule has 0 unspecified atom stereocenters. The van der Waals surface area contributed by atoms with Crippen LogP contribution in [0, 0.1) is 0 Å². The first-order valence-corrected chi connectivity index (χ1v) is 10.2. The molecule has 140 valence electrons. The SMILES string of the molecule is CCc1cc(CC)cc(CSCC(=O)CCCOCCC(=O)NC)c1. The van der Waals surface area contributed by atoms with E-state index in [9.17, 15) is 9.59 Å². The molecule has 25 heavy (non-hydrogen) atoms. The van der Waals surface area contributed by atoms with Gasteiger partial charge < -0.3 is 10.1 Å². The van der Waals surface area contributed by atoms with Crippen molar-refractivity contribution in [3.05, 3.63) is 34.9 Å². The maximum absolute atomic E-state index is 11.9. The number of rotatable bonds is 13. The van der Waals surface area contributed by atoms with E-state index in [1.54, 1.807) is 18.8 Å². The van der Waals surface area contributed by atoms with Gasteiger partial charge in [-0.3, -0.25) is 9.59 Å². The van der Waals surface area contributed by atoms with Crippen LogP contribution >= 0.6 is 11.8 Å². The van der Waals surface area contributed by atoms with Gasteiger partial charge in [0.05, 0.1) is 12.4 Å². The number of carbonyl (C=O) groups is 2. The van der Waals surface area contributed by atoms with Gasteiger partial charge in [-0.05, 0) is 36.0 Å². The van der Waals surface area contributed by atoms with Gasteiger partial charge in [-0.1, -0.05) is 32.0 Å². The number of ether oxygens (including phenoxy) is 1. The van der Waals surface area contributed by atoms with Crippen LogP contribution in [0.2, 0.25) is 0 Å². The van der Waals surface area contributed by atoms with Crippen molar-refractivity contribution in [3.8, 4) is 0 Å². The summed E-state index contributed by atoms with van der Waals surface area (Å²) in [6.07, 6.45) is 3.73. The minimum absolute atomic E-state index is 0.0224. The van der Waals surface area contributed by atoms with Gasteiger partial charge in [0.15, 0.2) is 0 Å². The molecule has 5 heteroatoms. The van der Waals surface area contributed by atoms with E-state index in [1.165, 1.54) is 16.7 Å². The van der Waals surface area contributed by atoms with Crippen molar-refractivity contribution in [1.29, 1.82) is 0 Å². The summed E-state index contributed by atoms with van der Waals surface area (Å²) in [6.45, 7) is 5.29. The normalized spacial score (nSPS) is 10.7. The molecule has 0 spiro atoms. The Morgan fingerprint density at radius 1 is 1.00 bits per heavy atom. The lowest BCUT2D eigenvalue weighted by Gasteiger charge is -2.08. The molecule has 1 aromatic carbocycles. The van der Waals surface area contributed by atoms with Crippen molar-refractivity contribution in [2.75, 3.05) is 26.0 Å². The molecule has 0 aliphatic carbocycles. The topological polar surface area (TPSA) is 55.4 Å². The van der Waals surface area contributed by atoms with Crippen molar-refractivity contribution < 1.29 is 14.3 Å². The van der Waals surface area contributed by atoms with Crippen molar-refractivity contribution in [1.82, 2.24) is 5.32 Å². The van der Waals surface area contributed by atoms with Gasteiger partial charge in [-0.15, -0.1) is 11.8 Å². The van der Waals surface area contributed by atoms with E-state index in [4.69, 9.17) is 4.74 Å². The highest BCUT2D eigenvalue weighted by Crippen LogP contribution is 2.18. The number of benzene rings is 1. The Morgan fingerprint density at radius 3 is 2.24 bits per heavy atom. The molecule has 0 saturated carbocycles. The molecule has 1 N–H and O–H groups in total. The highest BCUT2D eigenvalue weighted by molar-refractivity contribution is 7.99. The number of hydrogen-bond donors (Lipinski definition) is 1. The molecule has 0 aliphatic rings. The Labute approximate surface area is 156 Å². The van der Waals surface area contributed by atoms with E-state index in [-0.39, 0.29) is 11.7 Å². The van der Waals surface area contributed by atoms with E-state index in [1.807, 2.05) is 0 Å². The van der Waals surface area contributed by atoms with Gasteiger partial charge in [0.1, 0.15) is 5.78 Å². The third-order valence-corrected chi connectivity index (χ3v) is 5.02. The lowest BCUT2D eigenvalue weighted by molar-refractivity contribution is -0.122. The number of amides is 1. The number of nitrogens with one attached hydrogen (secondary N) is 1. The first kappa shape index (κ1) is 21.7. The number of aryl methyl sites for hydroxylation is 2. The third-order valence-electron chi connectivity index (χ3n) is 3.96. The van der Waals surface area contributed by atoms with Gasteiger partial charge in [-0.25, -0.2) is 0 Å². The second kappa shape index (κ2) is 13.0. The molecule has 0 aromatic heterocycles. The molecule has 0 fully saturated rings. The van der Waals surface area contributed by atoms with Crippen molar-refractivity contribution in [2.45, 2.75) is 51.7 Å². The quantitative estimate of drug-likeness (QED) is 0.543. The maximum Gasteiger partial charge on any atom is 0.222 e. The van der Waals surface area contributed by atoms with Crippen LogP contribution in [0.3, 0.4) is 0 Å². The van der Waals surface area contributed by atoms with Gasteiger partial charge in [0.25, 0.3) is 0 Å². The van der Waals surface area contributed by atoms with Gasteiger partial charge in [0, 0.05) is 32.2 Å². The second-order valence-electron chi connectivity index (χ2n) is 6.04. The predicted molar refractivity (Wildman–Crippen MR) is 105 cm³/mol. The summed E-state index contributed by atoms with van der Waals surface area (Å²) >= 11 is 1.68. The summed E-state index contributed by atoms with van der Waals surface area (Å²) in [7, 11) is 1.61. The Morgan fingerprint density at radius 2 is 1.64 bits per heavy atom. The number of thioether (sulfide) groups is 1. The average molecular weight is 366 g/mol. The Bertz CT molecular complexity index is 523. The monoisotopic (exact) mass is 365 g/mol. The first-order valence-electron chi connectivity index (χ1n) is 9.08. The van der Waals surface area contributed by atoms with Crippen LogP contribution in [0.4, 0.5) is 0 Å². The van der Waals surface area contributed by atoms with Gasteiger partial charge >= 0.3 is 0 Å². The van der Waals surface area contributed by atoms with Crippen LogP contribution in [0.5, 0.6) is 0 Å². The van der Waals surface area contributed by atoms with E-state index >= 15 is 0 Å². The summed E-state index contributed by atoms with van der Waals surface area (Å²) in [4.78, 5) is 22.9. The molecule has 0 heterocycles. The first-order chi connectivity index (χ1) is 12.1. The summed E-state index contributed by atoms with van der Waals surface area (Å²) in [5.41, 5.74) is 4.05. The van der Waals surface area contributed by atoms with Crippen LogP contribution < -0.4 is 5.32 Å². The number of carbonyl (C=O) groups excluding carboxylic acids is 2. The minimum atomic E-state index is -0.0224. The zero-order valence-electron chi connectivity index (χ0n) is 15.7.